The summed E-state index contributed by atoms with van der Waals surface area (Å²) in [5.41, 5.74) is 1.83. The van der Waals surface area contributed by atoms with E-state index in [9.17, 15) is 9.59 Å². The molecular formula is C17H22N4O2. The van der Waals surface area contributed by atoms with E-state index in [1.165, 1.54) is 0 Å². The second kappa shape index (κ2) is 6.32. The minimum Gasteiger partial charge on any atom is -0.347 e. The van der Waals surface area contributed by atoms with Gasteiger partial charge in [-0.2, -0.15) is 0 Å². The van der Waals surface area contributed by atoms with Crippen molar-refractivity contribution in [1.29, 1.82) is 0 Å². The van der Waals surface area contributed by atoms with Crippen LogP contribution >= 0.6 is 0 Å². The monoisotopic (exact) mass is 314 g/mol. The molecule has 1 fully saturated rings. The van der Waals surface area contributed by atoms with Crippen molar-refractivity contribution in [2.24, 2.45) is 0 Å². The summed E-state index contributed by atoms with van der Waals surface area (Å²) in [5, 5.41) is 6.71. The van der Waals surface area contributed by atoms with Gasteiger partial charge in [0.15, 0.2) is 0 Å². The van der Waals surface area contributed by atoms with E-state index in [1.54, 1.807) is 11.9 Å². The minimum absolute atomic E-state index is 0.0348. The summed E-state index contributed by atoms with van der Waals surface area (Å²) in [4.78, 5) is 25.6. The largest absolute Gasteiger partial charge is 0.347 e. The number of likely N-dealkylation sites (tertiary alicyclic amines) is 1. The number of anilines is 1. The van der Waals surface area contributed by atoms with Crippen LogP contribution in [0.4, 0.5) is 10.5 Å². The molecule has 1 saturated heterocycles. The molecule has 2 aromatic rings. The van der Waals surface area contributed by atoms with Crippen LogP contribution in [-0.2, 0) is 11.3 Å². The Morgan fingerprint density at radius 3 is 2.87 bits per heavy atom. The second-order valence-electron chi connectivity index (χ2n) is 5.98. The number of fused-ring (bicyclic) bond motifs is 1. The highest BCUT2D eigenvalue weighted by atomic mass is 16.2. The number of nitrogens with one attached hydrogen (secondary N) is 2. The van der Waals surface area contributed by atoms with Gasteiger partial charge in [0, 0.05) is 32.0 Å². The van der Waals surface area contributed by atoms with E-state index in [-0.39, 0.29) is 11.9 Å². The minimum atomic E-state index is -0.423. The zero-order valence-electron chi connectivity index (χ0n) is 13.5. The Labute approximate surface area is 135 Å². The Kier molecular flexibility index (Phi) is 4.23. The molecule has 3 amide bonds. The number of likely N-dealkylation sites (N-methyl/N-ethyl adjacent to an activating group) is 1. The number of urea groups is 1. The van der Waals surface area contributed by atoms with Crippen LogP contribution in [-0.4, -0.2) is 41.0 Å². The molecular weight excluding hydrogens is 292 g/mol. The van der Waals surface area contributed by atoms with E-state index in [0.29, 0.717) is 13.0 Å². The van der Waals surface area contributed by atoms with Crippen LogP contribution in [0, 0.1) is 0 Å². The molecule has 2 heterocycles. The highest BCUT2D eigenvalue weighted by Crippen LogP contribution is 2.21. The number of hydrogen-bond acceptors (Lipinski definition) is 2. The molecule has 0 saturated carbocycles. The summed E-state index contributed by atoms with van der Waals surface area (Å²) in [6, 6.07) is 7.14. The van der Waals surface area contributed by atoms with Crippen molar-refractivity contribution in [3.63, 3.8) is 0 Å². The van der Waals surface area contributed by atoms with Crippen molar-refractivity contribution in [1.82, 2.24) is 14.8 Å². The molecule has 2 N–H and O–H groups in total. The molecule has 0 spiro atoms. The Morgan fingerprint density at radius 2 is 2.17 bits per heavy atom. The maximum absolute atomic E-state index is 12.1. The number of rotatable bonds is 4. The van der Waals surface area contributed by atoms with Crippen molar-refractivity contribution in [2.45, 2.75) is 32.4 Å². The van der Waals surface area contributed by atoms with Gasteiger partial charge in [-0.25, -0.2) is 4.79 Å². The fourth-order valence-corrected chi connectivity index (χ4v) is 2.98. The summed E-state index contributed by atoms with van der Waals surface area (Å²) in [6.07, 6.45) is 3.77. The molecule has 0 aliphatic carbocycles. The van der Waals surface area contributed by atoms with E-state index in [0.717, 1.165) is 29.6 Å². The average Bonchev–Trinajstić information content (AvgIpc) is 3.06. The summed E-state index contributed by atoms with van der Waals surface area (Å²) in [6.45, 7) is 3.76. The lowest BCUT2D eigenvalue weighted by Gasteiger charge is -2.13. The average molecular weight is 314 g/mol. The molecule has 6 heteroatoms. The number of benzene rings is 1. The predicted octanol–water partition coefficient (Wildman–Crippen LogP) is 2.40. The molecule has 0 radical (unpaired) electrons. The third-order valence-electron chi connectivity index (χ3n) is 4.23. The van der Waals surface area contributed by atoms with E-state index in [2.05, 4.69) is 34.4 Å². The topological polar surface area (TPSA) is 66.4 Å². The quantitative estimate of drug-likeness (QED) is 0.910. The number of aryl methyl sites for hydroxylation is 1. The summed E-state index contributed by atoms with van der Waals surface area (Å²) >= 11 is 0. The molecule has 1 aliphatic rings. The highest BCUT2D eigenvalue weighted by Gasteiger charge is 2.30. The van der Waals surface area contributed by atoms with E-state index < -0.39 is 6.04 Å². The lowest BCUT2D eigenvalue weighted by atomic mass is 10.2. The van der Waals surface area contributed by atoms with Crippen LogP contribution in [0.5, 0.6) is 0 Å². The molecule has 1 aliphatic heterocycles. The lowest BCUT2D eigenvalue weighted by molar-refractivity contribution is -0.128. The Bertz CT molecular complexity index is 737. The number of carbonyl (C=O) groups excluding carboxylic acids is 2. The van der Waals surface area contributed by atoms with Crippen molar-refractivity contribution in [2.75, 3.05) is 18.9 Å². The first-order valence-electron chi connectivity index (χ1n) is 8.00. The molecule has 122 valence electrons. The summed E-state index contributed by atoms with van der Waals surface area (Å²) in [5.74, 6) is -0.0348. The highest BCUT2D eigenvalue weighted by molar-refractivity contribution is 5.96. The van der Waals surface area contributed by atoms with Gasteiger partial charge in [0.05, 0.1) is 5.52 Å². The zero-order valence-corrected chi connectivity index (χ0v) is 13.5. The number of nitrogens with zero attached hydrogens (tertiary/aromatic N) is 2. The smallest absolute Gasteiger partial charge is 0.319 e. The molecule has 0 unspecified atom stereocenters. The molecule has 3 rings (SSSR count). The first kappa shape index (κ1) is 15.4. The van der Waals surface area contributed by atoms with Gasteiger partial charge in [0.1, 0.15) is 6.04 Å². The fraction of sp³-hybridized carbons (Fsp3) is 0.412. The van der Waals surface area contributed by atoms with Gasteiger partial charge >= 0.3 is 6.03 Å². The Morgan fingerprint density at radius 1 is 1.35 bits per heavy atom. The van der Waals surface area contributed by atoms with E-state index in [1.807, 2.05) is 18.2 Å². The van der Waals surface area contributed by atoms with E-state index >= 15 is 0 Å². The van der Waals surface area contributed by atoms with Crippen LogP contribution in [0.2, 0.25) is 0 Å². The number of carbonyl (C=O) groups is 2. The normalized spacial score (nSPS) is 17.7. The first-order valence-corrected chi connectivity index (χ1v) is 8.00. The molecule has 23 heavy (non-hydrogen) atoms. The molecule has 1 aromatic carbocycles. The first-order chi connectivity index (χ1) is 11.1. The molecule has 1 aromatic heterocycles. The van der Waals surface area contributed by atoms with Crippen LogP contribution in [0.15, 0.2) is 30.5 Å². The molecule has 6 nitrogen and oxygen atoms in total. The van der Waals surface area contributed by atoms with Gasteiger partial charge in [0.2, 0.25) is 5.91 Å². The molecule has 1 atom stereocenters. The second-order valence-corrected chi connectivity index (χ2v) is 5.98. The van der Waals surface area contributed by atoms with Gasteiger partial charge < -0.3 is 20.1 Å². The Hall–Kier alpha value is -2.50. The van der Waals surface area contributed by atoms with Gasteiger partial charge in [-0.15, -0.1) is 0 Å². The molecule has 0 bridgehead atoms. The van der Waals surface area contributed by atoms with Crippen molar-refractivity contribution < 1.29 is 9.59 Å². The SMILES string of the molecule is CCCn1ccc2ccc(NC(=O)N[C@@H]3CCN(C)C3=O)cc21. The number of amides is 3. The van der Waals surface area contributed by atoms with Crippen molar-refractivity contribution >= 4 is 28.5 Å². The third-order valence-corrected chi connectivity index (χ3v) is 4.23. The van der Waals surface area contributed by atoms with Crippen LogP contribution in [0.1, 0.15) is 19.8 Å². The van der Waals surface area contributed by atoms with Crippen LogP contribution in [0.3, 0.4) is 0 Å². The van der Waals surface area contributed by atoms with Gasteiger partial charge in [-0.05, 0) is 36.4 Å². The van der Waals surface area contributed by atoms with Crippen LogP contribution in [0.25, 0.3) is 10.9 Å². The van der Waals surface area contributed by atoms with E-state index in [4.69, 9.17) is 0 Å². The predicted molar refractivity (Wildman–Crippen MR) is 90.4 cm³/mol. The standard InChI is InChI=1S/C17H22N4O2/c1-3-8-21-10-6-12-4-5-13(11-15(12)21)18-17(23)19-14-7-9-20(2)16(14)22/h4-6,10-11,14H,3,7-9H2,1-2H3,(H2,18,19,23)/t14-/m1/s1. The van der Waals surface area contributed by atoms with Crippen molar-refractivity contribution in [3.8, 4) is 0 Å². The third kappa shape index (κ3) is 3.16. The maximum atomic E-state index is 12.1. The summed E-state index contributed by atoms with van der Waals surface area (Å²) in [7, 11) is 1.75. The van der Waals surface area contributed by atoms with Gasteiger partial charge in [0.25, 0.3) is 0 Å². The van der Waals surface area contributed by atoms with Gasteiger partial charge in [-0.3, -0.25) is 4.79 Å². The van der Waals surface area contributed by atoms with Gasteiger partial charge in [-0.1, -0.05) is 13.0 Å². The number of hydrogen-bond donors (Lipinski definition) is 2. The summed E-state index contributed by atoms with van der Waals surface area (Å²) < 4.78 is 2.17. The maximum Gasteiger partial charge on any atom is 0.319 e. The van der Waals surface area contributed by atoms with Crippen LogP contribution < -0.4 is 10.6 Å². The Balaban J connectivity index is 1.69. The zero-order chi connectivity index (χ0) is 16.4. The van der Waals surface area contributed by atoms with Crippen molar-refractivity contribution in [3.05, 3.63) is 30.5 Å². The number of aromatic nitrogens is 1. The lowest BCUT2D eigenvalue weighted by Crippen LogP contribution is -2.42. The fourth-order valence-electron chi connectivity index (χ4n) is 2.98.